The molecule has 1 amide bonds. The normalized spacial score (nSPS) is 15.0. The molecule has 3 rings (SSSR count). The molecule has 0 bridgehead atoms. The lowest BCUT2D eigenvalue weighted by atomic mass is 9.99. The van der Waals surface area contributed by atoms with Gasteiger partial charge >= 0.3 is 0 Å². The predicted molar refractivity (Wildman–Crippen MR) is 76.3 cm³/mol. The Bertz CT molecular complexity index is 719. The van der Waals surface area contributed by atoms with Gasteiger partial charge in [0.15, 0.2) is 0 Å². The van der Waals surface area contributed by atoms with Crippen molar-refractivity contribution in [2.45, 2.75) is 13.0 Å². The van der Waals surface area contributed by atoms with E-state index in [9.17, 15) is 9.18 Å². The summed E-state index contributed by atoms with van der Waals surface area (Å²) in [4.78, 5) is 14.2. The Morgan fingerprint density at radius 1 is 1.35 bits per heavy atom. The molecular weight excluding hydrogens is 277 g/mol. The van der Waals surface area contributed by atoms with E-state index in [1.807, 2.05) is 0 Å². The Morgan fingerprint density at radius 3 is 3.00 bits per heavy atom. The van der Waals surface area contributed by atoms with Crippen molar-refractivity contribution in [3.05, 3.63) is 70.0 Å². The van der Waals surface area contributed by atoms with Gasteiger partial charge in [0.25, 0.3) is 5.91 Å². The number of carbonyl (C=O) groups excluding carboxylic acids is 1. The molecule has 0 saturated carbocycles. The molecule has 1 aliphatic heterocycles. The minimum absolute atomic E-state index is 0.0586. The number of benzene rings is 2. The van der Waals surface area contributed by atoms with Crippen molar-refractivity contribution in [1.29, 1.82) is 0 Å². The van der Waals surface area contributed by atoms with Crippen molar-refractivity contribution in [2.24, 2.45) is 0 Å². The summed E-state index contributed by atoms with van der Waals surface area (Å²) in [5.74, 6) is -0.518. The second kappa shape index (κ2) is 5.25. The summed E-state index contributed by atoms with van der Waals surface area (Å²) in [6.45, 7) is 0.991. The largest absolute Gasteiger partial charge is 0.334 e. The van der Waals surface area contributed by atoms with Crippen molar-refractivity contribution < 1.29 is 10.6 Å². The number of nitrogens with zero attached hydrogens (tertiary/aromatic N) is 1. The Kier molecular flexibility index (Phi) is 3.13. The van der Waals surface area contributed by atoms with Crippen molar-refractivity contribution in [3.63, 3.8) is 0 Å². The maximum absolute atomic E-state index is 13.2. The summed E-state index contributed by atoms with van der Waals surface area (Å²) in [5.41, 5.74) is 2.36. The lowest BCUT2D eigenvalue weighted by molar-refractivity contribution is 0.0727. The minimum Gasteiger partial charge on any atom is -0.334 e. The molecule has 0 N–H and O–H groups in total. The molecule has 0 spiro atoms. The summed E-state index contributed by atoms with van der Waals surface area (Å²) in [5, 5.41) is 0.0659. The first-order valence-corrected chi connectivity index (χ1v) is 6.75. The van der Waals surface area contributed by atoms with Gasteiger partial charge in [-0.25, -0.2) is 4.39 Å². The highest BCUT2D eigenvalue weighted by Gasteiger charge is 2.23. The zero-order valence-corrected chi connectivity index (χ0v) is 11.5. The Morgan fingerprint density at radius 2 is 2.20 bits per heavy atom. The summed E-state index contributed by atoms with van der Waals surface area (Å²) in [7, 11) is 0. The maximum atomic E-state index is 13.2. The lowest BCUT2D eigenvalue weighted by Crippen LogP contribution is -2.36. The fourth-order valence-electron chi connectivity index (χ4n) is 2.42. The molecule has 102 valence electrons. The van der Waals surface area contributed by atoms with Crippen LogP contribution >= 0.6 is 11.6 Å². The van der Waals surface area contributed by atoms with Gasteiger partial charge < -0.3 is 4.90 Å². The van der Waals surface area contributed by atoms with Crippen LogP contribution in [0.1, 0.15) is 22.9 Å². The van der Waals surface area contributed by atoms with Crippen molar-refractivity contribution in [1.82, 2.24) is 4.90 Å². The van der Waals surface area contributed by atoms with Gasteiger partial charge in [0.1, 0.15) is 5.82 Å². The Hall–Kier alpha value is -1.87. The van der Waals surface area contributed by atoms with Gasteiger partial charge in [-0.2, -0.15) is 0 Å². The number of carbonyl (C=O) groups is 1. The van der Waals surface area contributed by atoms with E-state index >= 15 is 0 Å². The van der Waals surface area contributed by atoms with Crippen LogP contribution in [-0.2, 0) is 13.0 Å². The number of amides is 1. The Labute approximate surface area is 123 Å². The fourth-order valence-corrected chi connectivity index (χ4v) is 2.62. The Balaban J connectivity index is 1.83. The predicted octanol–water partition coefficient (Wildman–Crippen LogP) is 3.68. The smallest absolute Gasteiger partial charge is 0.254 e. The molecule has 4 heteroatoms. The van der Waals surface area contributed by atoms with Gasteiger partial charge in [-0.15, -0.1) is 0 Å². The van der Waals surface area contributed by atoms with E-state index < -0.39 is 5.82 Å². The second-order valence-corrected chi connectivity index (χ2v) is 5.22. The van der Waals surface area contributed by atoms with Crippen LogP contribution < -0.4 is 0 Å². The van der Waals surface area contributed by atoms with Crippen LogP contribution in [0.25, 0.3) is 0 Å². The molecule has 2 nitrogen and oxygen atoms in total. The number of fused-ring (bicyclic) bond motifs is 1. The fraction of sp³-hybridized carbons (Fsp3) is 0.188. The average Bonchev–Trinajstić information content (AvgIpc) is 2.46. The van der Waals surface area contributed by atoms with Gasteiger partial charge in [0.2, 0.25) is 0 Å². The van der Waals surface area contributed by atoms with Crippen molar-refractivity contribution in [3.8, 4) is 0 Å². The van der Waals surface area contributed by atoms with Crippen LogP contribution in [-0.4, -0.2) is 17.4 Å². The molecule has 0 radical (unpaired) electrons. The lowest BCUT2D eigenvalue weighted by Gasteiger charge is -2.28. The van der Waals surface area contributed by atoms with Crippen LogP contribution in [0.3, 0.4) is 0 Å². The quantitative estimate of drug-likeness (QED) is 0.826. The number of halogens is 2. The van der Waals surface area contributed by atoms with E-state index in [0.29, 0.717) is 24.7 Å². The van der Waals surface area contributed by atoms with E-state index in [2.05, 4.69) is 0 Å². The number of hydrogen-bond acceptors (Lipinski definition) is 1. The molecule has 1 aliphatic rings. The summed E-state index contributed by atoms with van der Waals surface area (Å²) < 4.78 is 20.8. The number of hydrogen-bond donors (Lipinski definition) is 0. The molecule has 20 heavy (non-hydrogen) atoms. The summed E-state index contributed by atoms with van der Waals surface area (Å²) in [6, 6.07) is 9.97. The van der Waals surface area contributed by atoms with Crippen LogP contribution in [0, 0.1) is 5.82 Å². The van der Waals surface area contributed by atoms with Crippen LogP contribution in [0.2, 0.25) is 5.02 Å². The molecule has 1 heterocycles. The van der Waals surface area contributed by atoms with Crippen LogP contribution in [0.15, 0.2) is 42.4 Å². The van der Waals surface area contributed by atoms with Gasteiger partial charge in [0.05, 0.1) is 6.39 Å². The molecule has 0 aromatic heterocycles. The third kappa shape index (κ3) is 2.41. The zero-order chi connectivity index (χ0) is 15.0. The average molecular weight is 291 g/mol. The molecule has 0 saturated heterocycles. The highest BCUT2D eigenvalue weighted by Crippen LogP contribution is 2.22. The SMILES string of the molecule is [2H]c1ccc2c(c1)CCN(Cc1ccc(F)c(Cl)c1)C2=O. The maximum Gasteiger partial charge on any atom is 0.254 e. The van der Waals surface area contributed by atoms with Crippen LogP contribution in [0.5, 0.6) is 0 Å². The monoisotopic (exact) mass is 290 g/mol. The summed E-state index contributed by atoms with van der Waals surface area (Å²) >= 11 is 5.77. The highest BCUT2D eigenvalue weighted by molar-refractivity contribution is 6.30. The first-order valence-electron chi connectivity index (χ1n) is 6.87. The zero-order valence-electron chi connectivity index (χ0n) is 11.7. The third-order valence-corrected chi connectivity index (χ3v) is 3.77. The van der Waals surface area contributed by atoms with Gasteiger partial charge in [-0.1, -0.05) is 35.8 Å². The first kappa shape index (κ1) is 11.9. The minimum atomic E-state index is -0.460. The molecule has 2 aromatic carbocycles. The molecule has 0 atom stereocenters. The van der Waals surface area contributed by atoms with Gasteiger partial charge in [-0.05, 0) is 35.7 Å². The van der Waals surface area contributed by atoms with Gasteiger partial charge in [-0.3, -0.25) is 4.79 Å². The van der Waals surface area contributed by atoms with Crippen molar-refractivity contribution >= 4 is 17.5 Å². The van der Waals surface area contributed by atoms with E-state index in [0.717, 1.165) is 17.5 Å². The molecule has 0 unspecified atom stereocenters. The van der Waals surface area contributed by atoms with Crippen LogP contribution in [0.4, 0.5) is 4.39 Å². The number of rotatable bonds is 2. The summed E-state index contributed by atoms with van der Waals surface area (Å²) in [6.07, 6.45) is 0.725. The van der Waals surface area contributed by atoms with E-state index in [1.165, 1.54) is 6.07 Å². The van der Waals surface area contributed by atoms with Crippen molar-refractivity contribution in [2.75, 3.05) is 6.54 Å². The van der Waals surface area contributed by atoms with E-state index in [-0.39, 0.29) is 10.9 Å². The van der Waals surface area contributed by atoms with E-state index in [4.69, 9.17) is 13.0 Å². The second-order valence-electron chi connectivity index (χ2n) is 4.81. The molecular formula is C16H13ClFNO. The van der Waals surface area contributed by atoms with Gasteiger partial charge in [0, 0.05) is 18.7 Å². The topological polar surface area (TPSA) is 20.3 Å². The molecule has 2 aromatic rings. The third-order valence-electron chi connectivity index (χ3n) is 3.48. The van der Waals surface area contributed by atoms with E-state index in [1.54, 1.807) is 35.2 Å². The highest BCUT2D eigenvalue weighted by atomic mass is 35.5. The molecule has 0 aliphatic carbocycles. The first-order chi connectivity index (χ1) is 10.0. The molecule has 0 fully saturated rings. The standard InChI is InChI=1S/C16H13ClFNO/c17-14-9-11(5-6-15(14)18)10-19-8-7-12-3-1-2-4-13(12)16(19)20/h1-6,9H,7-8,10H2/i1D.